The molecule has 0 saturated heterocycles. The van der Waals surface area contributed by atoms with E-state index in [2.05, 4.69) is 5.32 Å². The number of hydrogen-bond donors (Lipinski definition) is 1. The highest BCUT2D eigenvalue weighted by Crippen LogP contribution is 2.31. The summed E-state index contributed by atoms with van der Waals surface area (Å²) in [7, 11) is 5.13. The average molecular weight is 348 g/mol. The topological polar surface area (TPSA) is 33.7 Å². The van der Waals surface area contributed by atoms with Crippen LogP contribution in [0, 0.1) is 5.82 Å². The first-order valence-corrected chi connectivity index (χ1v) is 7.89. The molecular formula is C18H21FN2O2S. The van der Waals surface area contributed by atoms with Crippen LogP contribution < -0.4 is 14.8 Å². The number of thiocarbonyl (C=S) groups is 1. The van der Waals surface area contributed by atoms with Crippen LogP contribution in [0.1, 0.15) is 11.1 Å². The molecule has 0 radical (unpaired) electrons. The second-order valence-electron chi connectivity index (χ2n) is 5.29. The van der Waals surface area contributed by atoms with Crippen molar-refractivity contribution in [3.63, 3.8) is 0 Å². The van der Waals surface area contributed by atoms with E-state index in [9.17, 15) is 4.39 Å². The molecule has 0 amide bonds. The van der Waals surface area contributed by atoms with E-state index in [1.54, 1.807) is 26.4 Å². The van der Waals surface area contributed by atoms with Crippen molar-refractivity contribution < 1.29 is 13.9 Å². The fourth-order valence-corrected chi connectivity index (χ4v) is 2.46. The summed E-state index contributed by atoms with van der Waals surface area (Å²) in [5, 5.41) is 3.77. The third kappa shape index (κ3) is 4.58. The van der Waals surface area contributed by atoms with Crippen molar-refractivity contribution in [2.45, 2.75) is 13.1 Å². The summed E-state index contributed by atoms with van der Waals surface area (Å²) in [6.07, 6.45) is 0. The van der Waals surface area contributed by atoms with Gasteiger partial charge in [-0.1, -0.05) is 24.3 Å². The Kier molecular flexibility index (Phi) is 6.37. The molecule has 0 fully saturated rings. The number of hydrogen-bond acceptors (Lipinski definition) is 3. The molecule has 0 spiro atoms. The minimum atomic E-state index is -0.247. The monoisotopic (exact) mass is 348 g/mol. The van der Waals surface area contributed by atoms with Gasteiger partial charge in [0.15, 0.2) is 16.6 Å². The van der Waals surface area contributed by atoms with Crippen molar-refractivity contribution in [3.8, 4) is 11.5 Å². The Labute approximate surface area is 147 Å². The lowest BCUT2D eigenvalue weighted by Crippen LogP contribution is -2.36. The molecular weight excluding hydrogens is 327 g/mol. The van der Waals surface area contributed by atoms with Crippen LogP contribution in [0.4, 0.5) is 4.39 Å². The predicted molar refractivity (Wildman–Crippen MR) is 96.9 cm³/mol. The molecule has 0 aliphatic heterocycles. The summed E-state index contributed by atoms with van der Waals surface area (Å²) in [4.78, 5) is 1.91. The van der Waals surface area contributed by atoms with E-state index in [1.807, 2.05) is 30.1 Å². The van der Waals surface area contributed by atoms with Crippen LogP contribution in [-0.4, -0.2) is 31.3 Å². The van der Waals surface area contributed by atoms with Gasteiger partial charge in [-0.3, -0.25) is 0 Å². The zero-order valence-corrected chi connectivity index (χ0v) is 14.8. The van der Waals surface area contributed by atoms with Crippen LogP contribution >= 0.6 is 12.2 Å². The van der Waals surface area contributed by atoms with Gasteiger partial charge in [0.25, 0.3) is 0 Å². The number of methoxy groups -OCH3 is 2. The number of halogens is 1. The minimum Gasteiger partial charge on any atom is -0.493 e. The molecule has 0 saturated carbocycles. The molecule has 0 aromatic heterocycles. The van der Waals surface area contributed by atoms with Gasteiger partial charge in [0.05, 0.1) is 14.2 Å². The molecule has 0 heterocycles. The number of nitrogens with one attached hydrogen (secondary N) is 1. The Morgan fingerprint density at radius 1 is 1.12 bits per heavy atom. The largest absolute Gasteiger partial charge is 0.493 e. The first-order valence-electron chi connectivity index (χ1n) is 7.48. The molecule has 4 nitrogen and oxygen atoms in total. The standard InChI is InChI=1S/C18H21FN2O2S/c1-21(12-14-5-4-6-16(22-2)17(14)23-3)18(24)20-11-13-7-9-15(19)10-8-13/h4-10H,11-12H2,1-3H3,(H,20,24). The maximum Gasteiger partial charge on any atom is 0.169 e. The van der Waals surface area contributed by atoms with Crippen molar-refractivity contribution in [1.82, 2.24) is 10.2 Å². The molecule has 128 valence electrons. The number of rotatable bonds is 6. The van der Waals surface area contributed by atoms with Gasteiger partial charge < -0.3 is 19.7 Å². The number of ether oxygens (including phenoxy) is 2. The summed E-state index contributed by atoms with van der Waals surface area (Å²) in [6, 6.07) is 12.1. The molecule has 1 N–H and O–H groups in total. The highest BCUT2D eigenvalue weighted by Gasteiger charge is 2.13. The van der Waals surface area contributed by atoms with Crippen molar-refractivity contribution in [2.75, 3.05) is 21.3 Å². The van der Waals surface area contributed by atoms with Gasteiger partial charge in [0.1, 0.15) is 5.82 Å². The van der Waals surface area contributed by atoms with Crippen molar-refractivity contribution in [3.05, 3.63) is 59.4 Å². The molecule has 0 unspecified atom stereocenters. The summed E-state index contributed by atoms with van der Waals surface area (Å²) in [6.45, 7) is 1.12. The molecule has 0 bridgehead atoms. The first kappa shape index (κ1) is 18.0. The van der Waals surface area contributed by atoms with Crippen LogP contribution in [0.5, 0.6) is 11.5 Å². The van der Waals surface area contributed by atoms with Crippen molar-refractivity contribution in [2.24, 2.45) is 0 Å². The van der Waals surface area contributed by atoms with Crippen LogP contribution in [0.2, 0.25) is 0 Å². The van der Waals surface area contributed by atoms with Crippen LogP contribution in [0.15, 0.2) is 42.5 Å². The second kappa shape index (κ2) is 8.49. The van der Waals surface area contributed by atoms with Gasteiger partial charge in [-0.2, -0.15) is 0 Å². The highest BCUT2D eigenvalue weighted by atomic mass is 32.1. The zero-order valence-electron chi connectivity index (χ0n) is 14.0. The van der Waals surface area contributed by atoms with Gasteiger partial charge in [-0.05, 0) is 36.0 Å². The normalized spacial score (nSPS) is 10.2. The van der Waals surface area contributed by atoms with E-state index in [-0.39, 0.29) is 5.82 Å². The average Bonchev–Trinajstić information content (AvgIpc) is 2.60. The fraction of sp³-hybridized carbons (Fsp3) is 0.278. The Morgan fingerprint density at radius 2 is 1.83 bits per heavy atom. The Bertz CT molecular complexity index is 692. The molecule has 24 heavy (non-hydrogen) atoms. The summed E-state index contributed by atoms with van der Waals surface area (Å²) < 4.78 is 23.7. The minimum absolute atomic E-state index is 0.247. The Hall–Kier alpha value is -2.34. The Morgan fingerprint density at radius 3 is 2.46 bits per heavy atom. The van der Waals surface area contributed by atoms with E-state index < -0.39 is 0 Å². The highest BCUT2D eigenvalue weighted by molar-refractivity contribution is 7.80. The lowest BCUT2D eigenvalue weighted by molar-refractivity contribution is 0.346. The van der Waals surface area contributed by atoms with E-state index >= 15 is 0 Å². The maximum atomic E-state index is 12.9. The summed E-state index contributed by atoms with van der Waals surface area (Å²) in [5.74, 6) is 1.14. The lowest BCUT2D eigenvalue weighted by atomic mass is 10.1. The lowest BCUT2D eigenvalue weighted by Gasteiger charge is -2.23. The molecule has 2 rings (SSSR count). The number of para-hydroxylation sites is 1. The molecule has 2 aromatic carbocycles. The second-order valence-corrected chi connectivity index (χ2v) is 5.68. The van der Waals surface area contributed by atoms with Gasteiger partial charge in [0.2, 0.25) is 0 Å². The van der Waals surface area contributed by atoms with Gasteiger partial charge in [-0.25, -0.2) is 4.39 Å². The van der Waals surface area contributed by atoms with Crippen molar-refractivity contribution >= 4 is 17.3 Å². The molecule has 0 aliphatic carbocycles. The van der Waals surface area contributed by atoms with Crippen molar-refractivity contribution in [1.29, 1.82) is 0 Å². The summed E-state index contributed by atoms with van der Waals surface area (Å²) in [5.41, 5.74) is 1.94. The Balaban J connectivity index is 1.97. The quantitative estimate of drug-likeness (QED) is 0.810. The predicted octanol–water partition coefficient (Wildman–Crippen LogP) is 3.35. The third-order valence-electron chi connectivity index (χ3n) is 3.60. The fourth-order valence-electron chi connectivity index (χ4n) is 2.32. The SMILES string of the molecule is COc1cccc(CN(C)C(=S)NCc2ccc(F)cc2)c1OC. The number of benzene rings is 2. The summed E-state index contributed by atoms with van der Waals surface area (Å²) >= 11 is 5.41. The number of nitrogens with zero attached hydrogens (tertiary/aromatic N) is 1. The molecule has 6 heteroatoms. The van der Waals surface area contributed by atoms with E-state index in [0.29, 0.717) is 29.7 Å². The van der Waals surface area contributed by atoms with E-state index in [4.69, 9.17) is 21.7 Å². The van der Waals surface area contributed by atoms with Crippen LogP contribution in [0.3, 0.4) is 0 Å². The maximum absolute atomic E-state index is 12.9. The van der Waals surface area contributed by atoms with E-state index in [1.165, 1.54) is 12.1 Å². The van der Waals surface area contributed by atoms with Gasteiger partial charge >= 0.3 is 0 Å². The van der Waals surface area contributed by atoms with Crippen LogP contribution in [0.25, 0.3) is 0 Å². The zero-order chi connectivity index (χ0) is 17.5. The van der Waals surface area contributed by atoms with Gasteiger partial charge in [-0.15, -0.1) is 0 Å². The third-order valence-corrected chi connectivity index (χ3v) is 4.05. The van der Waals surface area contributed by atoms with E-state index in [0.717, 1.165) is 11.1 Å². The smallest absolute Gasteiger partial charge is 0.169 e. The molecule has 0 atom stereocenters. The van der Waals surface area contributed by atoms with Crippen LogP contribution in [-0.2, 0) is 13.1 Å². The first-order chi connectivity index (χ1) is 11.5. The van der Waals surface area contributed by atoms with Gasteiger partial charge in [0, 0.05) is 25.7 Å². The molecule has 2 aromatic rings. The molecule has 0 aliphatic rings.